The summed E-state index contributed by atoms with van der Waals surface area (Å²) >= 11 is 0. The van der Waals surface area contributed by atoms with E-state index >= 15 is 0 Å². The van der Waals surface area contributed by atoms with Crippen molar-refractivity contribution in [1.82, 2.24) is 0 Å². The van der Waals surface area contributed by atoms with Gasteiger partial charge >= 0.3 is 0 Å². The molecule has 1 atom stereocenters. The van der Waals surface area contributed by atoms with Crippen molar-refractivity contribution in [3.05, 3.63) is 53.6 Å². The highest BCUT2D eigenvalue weighted by Crippen LogP contribution is 2.28. The standard InChI is InChI=1S/C19H24O5S/c1-14-5-8-17(9-6-14)25(20,21)24-13-15(2)11-16-7-10-18(22-3)19(12-16)23-4/h5-10,12,15H,11,13H2,1-4H3/t15-/m0/s1. The Hall–Kier alpha value is -2.05. The van der Waals surface area contributed by atoms with E-state index in [1.165, 1.54) is 0 Å². The van der Waals surface area contributed by atoms with Gasteiger partial charge in [-0.05, 0) is 49.1 Å². The Morgan fingerprint density at radius 3 is 2.20 bits per heavy atom. The van der Waals surface area contributed by atoms with E-state index < -0.39 is 10.1 Å². The Morgan fingerprint density at radius 1 is 0.960 bits per heavy atom. The molecule has 5 nitrogen and oxygen atoms in total. The van der Waals surface area contributed by atoms with E-state index in [2.05, 4.69) is 0 Å². The molecule has 0 saturated carbocycles. The summed E-state index contributed by atoms with van der Waals surface area (Å²) in [6, 6.07) is 12.3. The minimum Gasteiger partial charge on any atom is -0.493 e. The molecule has 0 amide bonds. The van der Waals surface area contributed by atoms with Gasteiger partial charge in [-0.15, -0.1) is 0 Å². The zero-order chi connectivity index (χ0) is 18.4. The van der Waals surface area contributed by atoms with Crippen LogP contribution in [0.5, 0.6) is 11.5 Å². The van der Waals surface area contributed by atoms with Gasteiger partial charge in [0, 0.05) is 0 Å². The molecule has 0 radical (unpaired) electrons. The van der Waals surface area contributed by atoms with E-state index in [4.69, 9.17) is 13.7 Å². The first kappa shape index (κ1) is 19.3. The van der Waals surface area contributed by atoms with Crippen molar-refractivity contribution >= 4 is 10.1 Å². The van der Waals surface area contributed by atoms with Crippen LogP contribution >= 0.6 is 0 Å². The summed E-state index contributed by atoms with van der Waals surface area (Å²) in [6.07, 6.45) is 0.670. The molecule has 0 spiro atoms. The molecular formula is C19H24O5S. The highest BCUT2D eigenvalue weighted by molar-refractivity contribution is 7.86. The second-order valence-corrected chi connectivity index (χ2v) is 7.67. The van der Waals surface area contributed by atoms with Gasteiger partial charge in [0.05, 0.1) is 25.7 Å². The summed E-state index contributed by atoms with van der Waals surface area (Å²) in [4.78, 5) is 0.177. The zero-order valence-electron chi connectivity index (χ0n) is 15.0. The summed E-state index contributed by atoms with van der Waals surface area (Å²) in [7, 11) is -0.560. The Morgan fingerprint density at radius 2 is 1.60 bits per heavy atom. The Balaban J connectivity index is 1.98. The van der Waals surface area contributed by atoms with Crippen molar-refractivity contribution in [2.75, 3.05) is 20.8 Å². The number of methoxy groups -OCH3 is 2. The van der Waals surface area contributed by atoms with Crippen LogP contribution in [-0.4, -0.2) is 29.2 Å². The minimum absolute atomic E-state index is 0.0262. The molecule has 6 heteroatoms. The molecule has 0 bridgehead atoms. The molecule has 0 unspecified atom stereocenters. The lowest BCUT2D eigenvalue weighted by Gasteiger charge is -2.14. The summed E-state index contributed by atoms with van der Waals surface area (Å²) in [5.41, 5.74) is 2.03. The molecule has 136 valence electrons. The van der Waals surface area contributed by atoms with E-state index in [1.54, 1.807) is 38.5 Å². The van der Waals surface area contributed by atoms with Crippen LogP contribution in [0, 0.1) is 12.8 Å². The fraction of sp³-hybridized carbons (Fsp3) is 0.368. The lowest BCUT2D eigenvalue weighted by molar-refractivity contribution is 0.264. The Labute approximate surface area is 149 Å². The van der Waals surface area contributed by atoms with Gasteiger partial charge in [-0.3, -0.25) is 4.18 Å². The van der Waals surface area contributed by atoms with Crippen molar-refractivity contribution in [2.45, 2.75) is 25.2 Å². The monoisotopic (exact) mass is 364 g/mol. The molecule has 0 aromatic heterocycles. The molecular weight excluding hydrogens is 340 g/mol. The summed E-state index contributed by atoms with van der Waals surface area (Å²) in [5, 5.41) is 0. The maximum atomic E-state index is 12.2. The molecule has 25 heavy (non-hydrogen) atoms. The molecule has 2 aromatic carbocycles. The van der Waals surface area contributed by atoms with Crippen LogP contribution in [0.25, 0.3) is 0 Å². The minimum atomic E-state index is -3.73. The van der Waals surface area contributed by atoms with Gasteiger partial charge in [0.2, 0.25) is 0 Å². The lowest BCUT2D eigenvalue weighted by atomic mass is 10.0. The molecule has 0 heterocycles. The second-order valence-electron chi connectivity index (χ2n) is 6.05. The number of hydrogen-bond donors (Lipinski definition) is 0. The average Bonchev–Trinajstić information content (AvgIpc) is 2.60. The molecule has 0 N–H and O–H groups in total. The van der Waals surface area contributed by atoms with Gasteiger partial charge < -0.3 is 9.47 Å². The van der Waals surface area contributed by atoms with Crippen LogP contribution in [0.4, 0.5) is 0 Å². The van der Waals surface area contributed by atoms with E-state index in [0.717, 1.165) is 11.1 Å². The first-order valence-electron chi connectivity index (χ1n) is 8.02. The summed E-state index contributed by atoms with van der Waals surface area (Å²) in [5.74, 6) is 1.34. The molecule has 0 aliphatic rings. The highest BCUT2D eigenvalue weighted by atomic mass is 32.2. The highest BCUT2D eigenvalue weighted by Gasteiger charge is 2.17. The number of benzene rings is 2. The third-order valence-corrected chi connectivity index (χ3v) is 5.15. The van der Waals surface area contributed by atoms with Crippen molar-refractivity contribution in [3.63, 3.8) is 0 Å². The van der Waals surface area contributed by atoms with Gasteiger partial charge in [0.15, 0.2) is 11.5 Å². The van der Waals surface area contributed by atoms with E-state index in [-0.39, 0.29) is 17.4 Å². The maximum absolute atomic E-state index is 12.2. The predicted molar refractivity (Wildman–Crippen MR) is 96.7 cm³/mol. The van der Waals surface area contributed by atoms with E-state index in [9.17, 15) is 8.42 Å². The first-order chi connectivity index (χ1) is 11.9. The SMILES string of the molecule is COc1ccc(C[C@H](C)COS(=O)(=O)c2ccc(C)cc2)cc1OC. The number of hydrogen-bond acceptors (Lipinski definition) is 5. The van der Waals surface area contributed by atoms with Crippen molar-refractivity contribution < 1.29 is 22.1 Å². The topological polar surface area (TPSA) is 61.8 Å². The third kappa shape index (κ3) is 5.21. The van der Waals surface area contributed by atoms with Crippen molar-refractivity contribution in [2.24, 2.45) is 5.92 Å². The number of rotatable bonds is 8. The lowest BCUT2D eigenvalue weighted by Crippen LogP contribution is -2.14. The van der Waals surface area contributed by atoms with Crippen LogP contribution in [0.2, 0.25) is 0 Å². The predicted octanol–water partition coefficient (Wildman–Crippen LogP) is 3.60. The average molecular weight is 364 g/mol. The molecule has 2 rings (SSSR count). The van der Waals surface area contributed by atoms with Crippen LogP contribution in [0.3, 0.4) is 0 Å². The number of aryl methyl sites for hydroxylation is 1. The van der Waals surface area contributed by atoms with Crippen molar-refractivity contribution in [1.29, 1.82) is 0 Å². The molecule has 0 saturated heterocycles. The van der Waals surface area contributed by atoms with Gasteiger partial charge in [-0.25, -0.2) is 0 Å². The summed E-state index contributed by atoms with van der Waals surface area (Å²) < 4.78 is 40.2. The van der Waals surface area contributed by atoms with Gasteiger partial charge in [0.25, 0.3) is 10.1 Å². The zero-order valence-corrected chi connectivity index (χ0v) is 15.8. The molecule has 0 aliphatic heterocycles. The quantitative estimate of drug-likeness (QED) is 0.670. The van der Waals surface area contributed by atoms with Crippen LogP contribution in [-0.2, 0) is 20.7 Å². The van der Waals surface area contributed by atoms with E-state index in [0.29, 0.717) is 17.9 Å². The van der Waals surface area contributed by atoms with Gasteiger partial charge in [0.1, 0.15) is 0 Å². The van der Waals surface area contributed by atoms with Crippen molar-refractivity contribution in [3.8, 4) is 11.5 Å². The smallest absolute Gasteiger partial charge is 0.296 e. The van der Waals surface area contributed by atoms with Gasteiger partial charge in [-0.1, -0.05) is 30.7 Å². The fourth-order valence-corrected chi connectivity index (χ4v) is 3.46. The third-order valence-electron chi connectivity index (χ3n) is 3.85. The van der Waals surface area contributed by atoms with Crippen LogP contribution < -0.4 is 9.47 Å². The van der Waals surface area contributed by atoms with E-state index in [1.807, 2.05) is 32.0 Å². The molecule has 2 aromatic rings. The first-order valence-corrected chi connectivity index (χ1v) is 9.43. The molecule has 0 fully saturated rings. The fourth-order valence-electron chi connectivity index (χ4n) is 2.45. The molecule has 0 aliphatic carbocycles. The Kier molecular flexibility index (Phi) is 6.45. The summed E-state index contributed by atoms with van der Waals surface area (Å²) in [6.45, 7) is 3.97. The largest absolute Gasteiger partial charge is 0.493 e. The van der Waals surface area contributed by atoms with Crippen LogP contribution in [0.1, 0.15) is 18.1 Å². The van der Waals surface area contributed by atoms with Crippen LogP contribution in [0.15, 0.2) is 47.4 Å². The van der Waals surface area contributed by atoms with Gasteiger partial charge in [-0.2, -0.15) is 8.42 Å². The number of ether oxygens (including phenoxy) is 2. The Bertz CT molecular complexity index is 797. The maximum Gasteiger partial charge on any atom is 0.296 e. The normalized spacial score (nSPS) is 12.6. The second kappa shape index (κ2) is 8.36.